The van der Waals surface area contributed by atoms with E-state index >= 15 is 0 Å². The van der Waals surface area contributed by atoms with Crippen LogP contribution in [0.5, 0.6) is 0 Å². The fourth-order valence-corrected chi connectivity index (χ4v) is 4.90. The molecule has 0 bridgehead atoms. The Morgan fingerprint density at radius 1 is 0.929 bits per heavy atom. The van der Waals surface area contributed by atoms with Gasteiger partial charge in [0, 0.05) is 37.4 Å². The molecule has 4 nitrogen and oxygen atoms in total. The van der Waals surface area contributed by atoms with Gasteiger partial charge in [-0.25, -0.2) is 0 Å². The number of anilines is 1. The van der Waals surface area contributed by atoms with E-state index in [9.17, 15) is 0 Å². The summed E-state index contributed by atoms with van der Waals surface area (Å²) in [5, 5.41) is 0. The second-order valence-electron chi connectivity index (χ2n) is 8.28. The van der Waals surface area contributed by atoms with E-state index in [1.807, 2.05) is 18.5 Å². The third-order valence-corrected chi connectivity index (χ3v) is 6.12. The number of aryl methyl sites for hydroxylation is 1. The molecule has 2 aliphatic rings. The van der Waals surface area contributed by atoms with Gasteiger partial charge < -0.3 is 4.90 Å². The fraction of sp³-hybridized carbons (Fsp3) is 0.333. The molecule has 1 atom stereocenters. The third-order valence-electron chi connectivity index (χ3n) is 6.12. The highest BCUT2D eigenvalue weighted by Gasteiger charge is 2.48. The van der Waals surface area contributed by atoms with Gasteiger partial charge in [-0.05, 0) is 49.7 Å². The Morgan fingerprint density at radius 3 is 2.71 bits per heavy atom. The first-order valence-electron chi connectivity index (χ1n) is 10.1. The van der Waals surface area contributed by atoms with Crippen LogP contribution < -0.4 is 4.90 Å². The minimum Gasteiger partial charge on any atom is -0.363 e. The van der Waals surface area contributed by atoms with E-state index < -0.39 is 0 Å². The molecule has 3 aromatic rings. The van der Waals surface area contributed by atoms with Crippen molar-refractivity contribution in [1.82, 2.24) is 14.9 Å². The maximum atomic E-state index is 4.85. The van der Waals surface area contributed by atoms with Crippen molar-refractivity contribution in [2.75, 3.05) is 24.5 Å². The standard InChI is InChI=1S/C24H26N4/c1-19-6-4-7-20(14-19)15-27-13-10-24(17-27)18-28(16-21-8-2-3-11-25-21)22-9-5-12-26-23(22)24/h2-9,11-12,14H,10,13,15-18H2,1H3/t24-/m1/s1. The van der Waals surface area contributed by atoms with Crippen LogP contribution in [0.25, 0.3) is 0 Å². The minimum absolute atomic E-state index is 0.134. The maximum absolute atomic E-state index is 4.85. The van der Waals surface area contributed by atoms with Gasteiger partial charge in [0.05, 0.1) is 23.6 Å². The highest BCUT2D eigenvalue weighted by molar-refractivity contribution is 5.60. The Labute approximate surface area is 166 Å². The molecule has 0 saturated carbocycles. The molecule has 0 unspecified atom stereocenters. The number of benzene rings is 1. The molecule has 0 radical (unpaired) electrons. The van der Waals surface area contributed by atoms with Gasteiger partial charge in [-0.2, -0.15) is 0 Å². The molecule has 0 N–H and O–H groups in total. The molecule has 1 fully saturated rings. The first-order chi connectivity index (χ1) is 13.7. The quantitative estimate of drug-likeness (QED) is 0.696. The van der Waals surface area contributed by atoms with E-state index in [1.165, 1.54) is 28.9 Å². The lowest BCUT2D eigenvalue weighted by Crippen LogP contribution is -2.36. The van der Waals surface area contributed by atoms with E-state index in [4.69, 9.17) is 4.98 Å². The Kier molecular flexibility index (Phi) is 4.36. The number of fused-ring (bicyclic) bond motifs is 2. The minimum atomic E-state index is 0.134. The molecule has 142 valence electrons. The summed E-state index contributed by atoms with van der Waals surface area (Å²) in [7, 11) is 0. The SMILES string of the molecule is Cc1cccc(CN2CC[C@@]3(C2)CN(Cc2ccccn2)c2cccnc23)c1. The average Bonchev–Trinajstić information content (AvgIpc) is 3.25. The van der Waals surface area contributed by atoms with Crippen molar-refractivity contribution in [1.29, 1.82) is 0 Å². The summed E-state index contributed by atoms with van der Waals surface area (Å²) in [6.45, 7) is 7.26. The fourth-order valence-electron chi connectivity index (χ4n) is 4.90. The molecule has 28 heavy (non-hydrogen) atoms. The predicted octanol–water partition coefficient (Wildman–Crippen LogP) is 3.95. The number of hydrogen-bond acceptors (Lipinski definition) is 4. The summed E-state index contributed by atoms with van der Waals surface area (Å²) in [6, 6.07) is 19.3. The van der Waals surface area contributed by atoms with Gasteiger partial charge in [0.15, 0.2) is 0 Å². The van der Waals surface area contributed by atoms with Crippen LogP contribution in [-0.2, 0) is 18.5 Å². The van der Waals surface area contributed by atoms with Crippen LogP contribution in [0.2, 0.25) is 0 Å². The zero-order valence-corrected chi connectivity index (χ0v) is 16.4. The van der Waals surface area contributed by atoms with Crippen molar-refractivity contribution in [2.24, 2.45) is 0 Å². The lowest BCUT2D eigenvalue weighted by molar-refractivity contribution is 0.305. The van der Waals surface area contributed by atoms with Gasteiger partial charge in [0.1, 0.15) is 0 Å². The number of likely N-dealkylation sites (tertiary alicyclic amines) is 1. The van der Waals surface area contributed by atoms with E-state index in [1.54, 1.807) is 0 Å². The molecule has 1 spiro atoms. The number of aromatic nitrogens is 2. The maximum Gasteiger partial charge on any atom is 0.0729 e. The van der Waals surface area contributed by atoms with Crippen molar-refractivity contribution >= 4 is 5.69 Å². The van der Waals surface area contributed by atoms with E-state index in [-0.39, 0.29) is 5.41 Å². The summed E-state index contributed by atoms with van der Waals surface area (Å²) in [4.78, 5) is 14.5. The first kappa shape index (κ1) is 17.4. The average molecular weight is 371 g/mol. The Balaban J connectivity index is 1.38. The van der Waals surface area contributed by atoms with Gasteiger partial charge in [0.2, 0.25) is 0 Å². The van der Waals surface area contributed by atoms with Crippen LogP contribution >= 0.6 is 0 Å². The van der Waals surface area contributed by atoms with Gasteiger partial charge in [-0.15, -0.1) is 0 Å². The molecule has 2 aliphatic heterocycles. The van der Waals surface area contributed by atoms with E-state index in [0.29, 0.717) is 0 Å². The Hall–Kier alpha value is -2.72. The van der Waals surface area contributed by atoms with Crippen LogP contribution in [0.3, 0.4) is 0 Å². The molecule has 1 aromatic carbocycles. The highest BCUT2D eigenvalue weighted by atomic mass is 15.2. The van der Waals surface area contributed by atoms with Crippen molar-refractivity contribution in [3.63, 3.8) is 0 Å². The summed E-state index contributed by atoms with van der Waals surface area (Å²) in [5.74, 6) is 0. The van der Waals surface area contributed by atoms with E-state index in [2.05, 4.69) is 70.2 Å². The van der Waals surface area contributed by atoms with Gasteiger partial charge in [-0.3, -0.25) is 14.9 Å². The second-order valence-corrected chi connectivity index (χ2v) is 8.28. The van der Waals surface area contributed by atoms with Crippen molar-refractivity contribution < 1.29 is 0 Å². The molecular weight excluding hydrogens is 344 g/mol. The van der Waals surface area contributed by atoms with Crippen molar-refractivity contribution in [3.05, 3.63) is 89.5 Å². The summed E-state index contributed by atoms with van der Waals surface area (Å²) in [6.07, 6.45) is 5.00. The number of pyridine rings is 2. The van der Waals surface area contributed by atoms with Crippen molar-refractivity contribution in [3.8, 4) is 0 Å². The van der Waals surface area contributed by atoms with Gasteiger partial charge in [0.25, 0.3) is 0 Å². The predicted molar refractivity (Wildman–Crippen MR) is 112 cm³/mol. The highest BCUT2D eigenvalue weighted by Crippen LogP contribution is 2.45. The van der Waals surface area contributed by atoms with Crippen LogP contribution in [-0.4, -0.2) is 34.5 Å². The second kappa shape index (κ2) is 7.02. The third kappa shape index (κ3) is 3.18. The van der Waals surface area contributed by atoms with E-state index in [0.717, 1.165) is 38.4 Å². The van der Waals surface area contributed by atoms with Gasteiger partial charge in [-0.1, -0.05) is 35.9 Å². The van der Waals surface area contributed by atoms with Crippen LogP contribution in [0.15, 0.2) is 67.0 Å². The van der Waals surface area contributed by atoms with Crippen LogP contribution in [0.4, 0.5) is 5.69 Å². The normalized spacial score (nSPS) is 21.4. The van der Waals surface area contributed by atoms with Crippen LogP contribution in [0.1, 0.15) is 28.9 Å². The molecule has 4 heterocycles. The monoisotopic (exact) mass is 370 g/mol. The first-order valence-corrected chi connectivity index (χ1v) is 10.1. The molecule has 0 aliphatic carbocycles. The molecule has 1 saturated heterocycles. The smallest absolute Gasteiger partial charge is 0.0729 e. The van der Waals surface area contributed by atoms with Crippen LogP contribution in [0, 0.1) is 6.92 Å². The molecule has 0 amide bonds. The summed E-state index contributed by atoms with van der Waals surface area (Å²) >= 11 is 0. The molecule has 5 rings (SSSR count). The lowest BCUT2D eigenvalue weighted by Gasteiger charge is -2.26. The number of rotatable bonds is 4. The number of nitrogens with zero attached hydrogens (tertiary/aromatic N) is 4. The molecule has 2 aromatic heterocycles. The molecule has 4 heteroatoms. The Morgan fingerprint density at radius 2 is 1.86 bits per heavy atom. The molecular formula is C24H26N4. The topological polar surface area (TPSA) is 32.3 Å². The largest absolute Gasteiger partial charge is 0.363 e. The summed E-state index contributed by atoms with van der Waals surface area (Å²) < 4.78 is 0. The zero-order chi connectivity index (χ0) is 19.0. The Bertz CT molecular complexity index is 971. The number of hydrogen-bond donors (Lipinski definition) is 0. The lowest BCUT2D eigenvalue weighted by atomic mass is 9.85. The summed E-state index contributed by atoms with van der Waals surface area (Å²) in [5.41, 5.74) is 6.55. The van der Waals surface area contributed by atoms with Gasteiger partial charge >= 0.3 is 0 Å². The van der Waals surface area contributed by atoms with Crippen molar-refractivity contribution in [2.45, 2.75) is 31.8 Å². The zero-order valence-electron chi connectivity index (χ0n) is 16.4.